The van der Waals surface area contributed by atoms with Gasteiger partial charge in [-0.1, -0.05) is 6.58 Å². The van der Waals surface area contributed by atoms with E-state index < -0.39 is 22.5 Å². The number of hydrogen-bond acceptors (Lipinski definition) is 6. The second-order valence-electron chi connectivity index (χ2n) is 5.85. The zero-order valence-electron chi connectivity index (χ0n) is 13.0. The number of hydrogen-bond donors (Lipinski definition) is 1. The highest BCUT2D eigenvalue weighted by Crippen LogP contribution is 2.34. The van der Waals surface area contributed by atoms with Crippen molar-refractivity contribution in [2.45, 2.75) is 26.1 Å². The molecule has 0 aromatic heterocycles. The number of ether oxygens (including phenoxy) is 2. The molecule has 2 unspecified atom stereocenters. The molecule has 2 rings (SSSR count). The minimum atomic E-state index is -1.23. The molecule has 0 spiro atoms. The number of aliphatic hydroxyl groups excluding tert-OH is 1. The van der Waals surface area contributed by atoms with Crippen molar-refractivity contribution in [1.82, 2.24) is 0 Å². The van der Waals surface area contributed by atoms with Crippen molar-refractivity contribution < 1.29 is 24.3 Å². The summed E-state index contributed by atoms with van der Waals surface area (Å²) in [7, 11) is 0. The monoisotopic (exact) mass is 321 g/mol. The van der Waals surface area contributed by atoms with E-state index in [0.717, 1.165) is 0 Å². The summed E-state index contributed by atoms with van der Waals surface area (Å²) >= 11 is 0. The van der Waals surface area contributed by atoms with Gasteiger partial charge < -0.3 is 14.6 Å². The third-order valence-electron chi connectivity index (χ3n) is 3.96. The van der Waals surface area contributed by atoms with E-state index in [1.54, 1.807) is 13.8 Å². The summed E-state index contributed by atoms with van der Waals surface area (Å²) in [6.07, 6.45) is -2.32. The summed E-state index contributed by atoms with van der Waals surface area (Å²) < 4.78 is 10.8. The molecule has 7 nitrogen and oxygen atoms in total. The SMILES string of the molecule is C=C1OCCOC(C(O)c2ccc([N+](=O)[O-])cc2)C(=O)C1(C)C. The lowest BCUT2D eigenvalue weighted by Crippen LogP contribution is -2.44. The molecule has 0 aliphatic carbocycles. The van der Waals surface area contributed by atoms with Gasteiger partial charge in [0, 0.05) is 12.1 Å². The summed E-state index contributed by atoms with van der Waals surface area (Å²) in [6.45, 7) is 7.44. The summed E-state index contributed by atoms with van der Waals surface area (Å²) in [5, 5.41) is 21.2. The van der Waals surface area contributed by atoms with Crippen LogP contribution in [0.3, 0.4) is 0 Å². The molecule has 7 heteroatoms. The molecule has 2 atom stereocenters. The fourth-order valence-electron chi connectivity index (χ4n) is 2.29. The maximum Gasteiger partial charge on any atom is 0.269 e. The largest absolute Gasteiger partial charge is 0.495 e. The van der Waals surface area contributed by atoms with Crippen molar-refractivity contribution in [2.24, 2.45) is 5.41 Å². The molecule has 0 amide bonds. The Balaban J connectivity index is 2.28. The first-order valence-corrected chi connectivity index (χ1v) is 7.15. The lowest BCUT2D eigenvalue weighted by atomic mass is 9.81. The van der Waals surface area contributed by atoms with Crippen LogP contribution in [-0.2, 0) is 14.3 Å². The van der Waals surface area contributed by atoms with Crippen LogP contribution in [0.5, 0.6) is 0 Å². The number of carbonyl (C=O) groups is 1. The van der Waals surface area contributed by atoms with Crippen LogP contribution in [0, 0.1) is 15.5 Å². The molecular weight excluding hydrogens is 302 g/mol. The zero-order chi connectivity index (χ0) is 17.2. The van der Waals surface area contributed by atoms with Crippen LogP contribution in [0.1, 0.15) is 25.5 Å². The Bertz CT molecular complexity index is 622. The predicted molar refractivity (Wildman–Crippen MR) is 81.7 cm³/mol. The molecule has 1 aliphatic heterocycles. The van der Waals surface area contributed by atoms with E-state index >= 15 is 0 Å². The molecule has 1 saturated heterocycles. The number of non-ortho nitro benzene ring substituents is 1. The highest BCUT2D eigenvalue weighted by Gasteiger charge is 2.42. The Hall–Kier alpha value is -2.25. The van der Waals surface area contributed by atoms with Crippen molar-refractivity contribution in [2.75, 3.05) is 13.2 Å². The minimum Gasteiger partial charge on any atom is -0.495 e. The first-order chi connectivity index (χ1) is 10.7. The number of ketones is 1. The number of benzene rings is 1. The Morgan fingerprint density at radius 2 is 1.96 bits per heavy atom. The van der Waals surface area contributed by atoms with Crippen LogP contribution in [0.15, 0.2) is 36.6 Å². The number of rotatable bonds is 3. The maximum absolute atomic E-state index is 12.7. The van der Waals surface area contributed by atoms with E-state index in [4.69, 9.17) is 9.47 Å². The lowest BCUT2D eigenvalue weighted by Gasteiger charge is -2.34. The fraction of sp³-hybridized carbons (Fsp3) is 0.438. The van der Waals surface area contributed by atoms with Gasteiger partial charge in [0.2, 0.25) is 0 Å². The standard InChI is InChI=1S/C16H19NO6/c1-10-16(2,3)15(19)14(23-9-8-22-10)13(18)11-4-6-12(7-5-11)17(20)21/h4-7,13-14,18H,1,8-9H2,2-3H3. The smallest absolute Gasteiger partial charge is 0.269 e. The summed E-state index contributed by atoms with van der Waals surface area (Å²) in [5.74, 6) is -0.0280. The highest BCUT2D eigenvalue weighted by atomic mass is 16.6. The second-order valence-corrected chi connectivity index (χ2v) is 5.85. The van der Waals surface area contributed by atoms with Crippen LogP contribution in [-0.4, -0.2) is 35.1 Å². The summed E-state index contributed by atoms with van der Waals surface area (Å²) in [4.78, 5) is 22.8. The van der Waals surface area contributed by atoms with Gasteiger partial charge in [-0.2, -0.15) is 0 Å². The number of carbonyl (C=O) groups excluding carboxylic acids is 1. The van der Waals surface area contributed by atoms with Gasteiger partial charge in [-0.05, 0) is 31.5 Å². The van der Waals surface area contributed by atoms with Crippen molar-refractivity contribution in [3.05, 3.63) is 52.3 Å². The molecule has 0 radical (unpaired) electrons. The quantitative estimate of drug-likeness (QED) is 0.676. The Morgan fingerprint density at radius 1 is 1.35 bits per heavy atom. The molecular formula is C16H19NO6. The maximum atomic E-state index is 12.7. The van der Waals surface area contributed by atoms with Gasteiger partial charge in [-0.15, -0.1) is 0 Å². The third kappa shape index (κ3) is 3.40. The van der Waals surface area contributed by atoms with Crippen LogP contribution in [0.2, 0.25) is 0 Å². The fourth-order valence-corrected chi connectivity index (χ4v) is 2.29. The van der Waals surface area contributed by atoms with Crippen molar-refractivity contribution in [3.63, 3.8) is 0 Å². The Labute approximate surface area is 133 Å². The predicted octanol–water partition coefficient (Wildman–Crippen LogP) is 2.15. The van der Waals surface area contributed by atoms with Crippen molar-refractivity contribution in [3.8, 4) is 0 Å². The average molecular weight is 321 g/mol. The number of nitro benzene ring substituents is 1. The van der Waals surface area contributed by atoms with E-state index in [0.29, 0.717) is 11.3 Å². The lowest BCUT2D eigenvalue weighted by molar-refractivity contribution is -0.384. The second kappa shape index (κ2) is 6.47. The van der Waals surface area contributed by atoms with Crippen molar-refractivity contribution >= 4 is 11.5 Å². The summed E-state index contributed by atoms with van der Waals surface area (Å²) in [5.41, 5.74) is -0.725. The first kappa shape index (κ1) is 17.1. The number of allylic oxidation sites excluding steroid dienone is 1. The third-order valence-corrected chi connectivity index (χ3v) is 3.96. The molecule has 23 heavy (non-hydrogen) atoms. The van der Waals surface area contributed by atoms with Crippen LogP contribution < -0.4 is 0 Å². The number of aliphatic hydroxyl groups is 1. The molecule has 1 aromatic carbocycles. The van der Waals surface area contributed by atoms with Crippen molar-refractivity contribution in [1.29, 1.82) is 0 Å². The molecule has 0 saturated carbocycles. The molecule has 124 valence electrons. The number of nitrogens with zero attached hydrogens (tertiary/aromatic N) is 1. The van der Waals surface area contributed by atoms with E-state index in [-0.39, 0.29) is 24.7 Å². The highest BCUT2D eigenvalue weighted by molar-refractivity contribution is 5.91. The normalized spacial score (nSPS) is 22.7. The van der Waals surface area contributed by atoms with Crippen LogP contribution >= 0.6 is 0 Å². The van der Waals surface area contributed by atoms with E-state index in [1.807, 2.05) is 0 Å². The van der Waals surface area contributed by atoms with Gasteiger partial charge in [0.05, 0.1) is 16.9 Å². The molecule has 1 heterocycles. The first-order valence-electron chi connectivity index (χ1n) is 7.15. The van der Waals surface area contributed by atoms with Gasteiger partial charge in [0.1, 0.15) is 24.6 Å². The molecule has 1 aliphatic rings. The number of Topliss-reactive ketones (excluding diaryl/α,β-unsaturated/α-hetero) is 1. The Morgan fingerprint density at radius 3 is 2.52 bits per heavy atom. The van der Waals surface area contributed by atoms with Gasteiger partial charge in [-0.3, -0.25) is 14.9 Å². The van der Waals surface area contributed by atoms with Crippen LogP contribution in [0.25, 0.3) is 0 Å². The average Bonchev–Trinajstić information content (AvgIpc) is 2.52. The van der Waals surface area contributed by atoms with Gasteiger partial charge in [0.25, 0.3) is 5.69 Å². The van der Waals surface area contributed by atoms with Gasteiger partial charge >= 0.3 is 0 Å². The zero-order valence-corrected chi connectivity index (χ0v) is 13.0. The van der Waals surface area contributed by atoms with Crippen LogP contribution in [0.4, 0.5) is 5.69 Å². The Kier molecular flexibility index (Phi) is 4.82. The number of nitro groups is 1. The summed E-state index contributed by atoms with van der Waals surface area (Å²) in [6, 6.07) is 5.38. The van der Waals surface area contributed by atoms with E-state index in [2.05, 4.69) is 6.58 Å². The molecule has 1 aromatic rings. The van der Waals surface area contributed by atoms with Gasteiger partial charge in [0.15, 0.2) is 5.78 Å². The molecule has 1 N–H and O–H groups in total. The molecule has 0 bridgehead atoms. The van der Waals surface area contributed by atoms with Gasteiger partial charge in [-0.25, -0.2) is 0 Å². The molecule has 1 fully saturated rings. The minimum absolute atomic E-state index is 0.0898. The topological polar surface area (TPSA) is 98.9 Å². The van der Waals surface area contributed by atoms with E-state index in [9.17, 15) is 20.0 Å². The van der Waals surface area contributed by atoms with E-state index in [1.165, 1.54) is 24.3 Å².